The van der Waals surface area contributed by atoms with E-state index in [0.717, 1.165) is 10.6 Å². The molecular formula is C23H25NO8S2. The number of aromatic carboxylic acids is 1. The van der Waals surface area contributed by atoms with Gasteiger partial charge in [0.2, 0.25) is 5.78 Å². The van der Waals surface area contributed by atoms with Gasteiger partial charge in [-0.3, -0.25) is 4.79 Å². The van der Waals surface area contributed by atoms with E-state index >= 15 is 0 Å². The van der Waals surface area contributed by atoms with Crippen LogP contribution < -0.4 is 4.74 Å². The number of aromatic nitrogens is 1. The maximum atomic E-state index is 13.6. The van der Waals surface area contributed by atoms with E-state index in [4.69, 9.17) is 4.74 Å². The van der Waals surface area contributed by atoms with Crippen LogP contribution in [0, 0.1) is 0 Å². The van der Waals surface area contributed by atoms with Crippen LogP contribution in [0.15, 0.2) is 52.4 Å². The quantitative estimate of drug-likeness (QED) is 0.413. The molecule has 0 unspecified atom stereocenters. The number of ketones is 1. The highest BCUT2D eigenvalue weighted by atomic mass is 32.2. The molecule has 0 aliphatic carbocycles. The Morgan fingerprint density at radius 1 is 0.853 bits per heavy atom. The van der Waals surface area contributed by atoms with Gasteiger partial charge in [-0.15, -0.1) is 0 Å². The number of rotatable bonds is 10. The van der Waals surface area contributed by atoms with E-state index < -0.39 is 46.9 Å². The highest BCUT2D eigenvalue weighted by molar-refractivity contribution is 7.94. The van der Waals surface area contributed by atoms with Gasteiger partial charge in [-0.25, -0.2) is 21.6 Å². The highest BCUT2D eigenvalue weighted by Crippen LogP contribution is 2.36. The summed E-state index contributed by atoms with van der Waals surface area (Å²) in [6.07, 6.45) is 1.49. The molecule has 0 amide bonds. The molecule has 0 spiro atoms. The molecule has 0 fully saturated rings. The lowest BCUT2D eigenvalue weighted by atomic mass is 10.1. The normalized spacial score (nSPS) is 12.1. The smallest absolute Gasteiger partial charge is 0.337 e. The average Bonchev–Trinajstić information content (AvgIpc) is 3.15. The van der Waals surface area contributed by atoms with Crippen LogP contribution in [0.25, 0.3) is 5.52 Å². The molecule has 0 saturated heterocycles. The number of nitrogens with zero attached hydrogens (tertiary/aromatic N) is 1. The van der Waals surface area contributed by atoms with E-state index in [9.17, 15) is 31.5 Å². The number of methoxy groups -OCH3 is 1. The Morgan fingerprint density at radius 2 is 1.38 bits per heavy atom. The lowest BCUT2D eigenvalue weighted by molar-refractivity contribution is 0.0696. The zero-order chi connectivity index (χ0) is 25.3. The molecule has 11 heteroatoms. The second kappa shape index (κ2) is 9.59. The SMILES string of the molecule is CCCS(=O)(=O)c1c(S(=O)(=O)CCC)c2ccc(C(=O)O)cn2c1C(=O)c1ccc(OC)cc1. The van der Waals surface area contributed by atoms with Gasteiger partial charge in [0.15, 0.2) is 19.7 Å². The standard InChI is InChI=1S/C23H25NO8S2/c1-4-12-33(28,29)21-18-11-8-16(23(26)27)14-24(18)19(22(21)34(30,31)13-5-2)20(25)15-6-9-17(32-3)10-7-15/h6-11,14H,4-5,12-13H2,1-3H3,(H,26,27). The highest BCUT2D eigenvalue weighted by Gasteiger charge is 2.37. The second-order valence-electron chi connectivity index (χ2n) is 7.68. The number of pyridine rings is 1. The molecule has 3 rings (SSSR count). The summed E-state index contributed by atoms with van der Waals surface area (Å²) in [5.74, 6) is -2.32. The van der Waals surface area contributed by atoms with Gasteiger partial charge in [-0.05, 0) is 49.2 Å². The molecule has 0 atom stereocenters. The number of carbonyl (C=O) groups excluding carboxylic acids is 1. The minimum atomic E-state index is -4.23. The van der Waals surface area contributed by atoms with Crippen LogP contribution >= 0.6 is 0 Å². The number of carbonyl (C=O) groups is 2. The Labute approximate surface area is 197 Å². The Balaban J connectivity index is 2.52. The number of hydrogen-bond acceptors (Lipinski definition) is 7. The monoisotopic (exact) mass is 507 g/mol. The molecule has 0 bridgehead atoms. The van der Waals surface area contributed by atoms with Crippen LogP contribution in [0.4, 0.5) is 0 Å². The van der Waals surface area contributed by atoms with Crippen LogP contribution in [0.5, 0.6) is 5.75 Å². The van der Waals surface area contributed by atoms with Crippen molar-refractivity contribution >= 4 is 36.9 Å². The third kappa shape index (κ3) is 4.58. The molecule has 2 aromatic heterocycles. The van der Waals surface area contributed by atoms with Crippen molar-refractivity contribution in [1.29, 1.82) is 0 Å². The Hall–Kier alpha value is -3.18. The summed E-state index contributed by atoms with van der Waals surface area (Å²) in [4.78, 5) is 24.2. The molecule has 2 heterocycles. The van der Waals surface area contributed by atoms with Crippen molar-refractivity contribution in [2.45, 2.75) is 36.5 Å². The zero-order valence-electron chi connectivity index (χ0n) is 18.9. The lowest BCUT2D eigenvalue weighted by Crippen LogP contribution is -2.17. The van der Waals surface area contributed by atoms with Crippen LogP contribution in [0.2, 0.25) is 0 Å². The Kier molecular flexibility index (Phi) is 7.18. The Bertz CT molecular complexity index is 1470. The van der Waals surface area contributed by atoms with E-state index in [-0.39, 0.29) is 41.0 Å². The first-order chi connectivity index (χ1) is 16.0. The van der Waals surface area contributed by atoms with Gasteiger partial charge in [-0.1, -0.05) is 13.8 Å². The van der Waals surface area contributed by atoms with Gasteiger partial charge in [0, 0.05) is 11.8 Å². The fourth-order valence-corrected chi connectivity index (χ4v) is 7.73. The predicted molar refractivity (Wildman–Crippen MR) is 125 cm³/mol. The van der Waals surface area contributed by atoms with Crippen LogP contribution in [0.3, 0.4) is 0 Å². The molecule has 182 valence electrons. The largest absolute Gasteiger partial charge is 0.497 e. The van der Waals surface area contributed by atoms with E-state index in [0.29, 0.717) is 5.75 Å². The molecule has 34 heavy (non-hydrogen) atoms. The molecule has 3 aromatic rings. The first-order valence-electron chi connectivity index (χ1n) is 10.5. The number of sulfone groups is 2. The first kappa shape index (κ1) is 25.4. The van der Waals surface area contributed by atoms with Crippen molar-refractivity contribution < 1.29 is 36.3 Å². The van der Waals surface area contributed by atoms with E-state index in [1.54, 1.807) is 13.8 Å². The van der Waals surface area contributed by atoms with Gasteiger partial charge in [0.05, 0.1) is 29.7 Å². The number of carboxylic acids is 1. The molecule has 0 aliphatic rings. The third-order valence-electron chi connectivity index (χ3n) is 5.23. The molecule has 0 aliphatic heterocycles. The minimum absolute atomic E-state index is 0.0648. The van der Waals surface area contributed by atoms with Crippen molar-refractivity contribution in [3.05, 3.63) is 59.4 Å². The van der Waals surface area contributed by atoms with E-state index in [1.165, 1.54) is 43.5 Å². The van der Waals surface area contributed by atoms with Gasteiger partial charge >= 0.3 is 5.97 Å². The molecule has 0 saturated carbocycles. The first-order valence-corrected chi connectivity index (χ1v) is 13.8. The van der Waals surface area contributed by atoms with Crippen molar-refractivity contribution in [1.82, 2.24) is 4.40 Å². The summed E-state index contributed by atoms with van der Waals surface area (Å²) in [5, 5.41) is 9.46. The summed E-state index contributed by atoms with van der Waals surface area (Å²) in [6, 6.07) is 8.29. The number of benzene rings is 1. The summed E-state index contributed by atoms with van der Waals surface area (Å²) in [5.41, 5.74) is -0.616. The summed E-state index contributed by atoms with van der Waals surface area (Å²) in [6.45, 7) is 3.27. The number of carboxylic acid groups (broad SMARTS) is 1. The maximum absolute atomic E-state index is 13.6. The molecule has 1 aromatic carbocycles. The topological polar surface area (TPSA) is 136 Å². The van der Waals surface area contributed by atoms with Crippen LogP contribution in [0.1, 0.15) is 53.1 Å². The fourth-order valence-electron chi connectivity index (χ4n) is 3.75. The molecular weight excluding hydrogens is 482 g/mol. The average molecular weight is 508 g/mol. The summed E-state index contributed by atoms with van der Waals surface area (Å²) >= 11 is 0. The van der Waals surface area contributed by atoms with E-state index in [1.807, 2.05) is 0 Å². The van der Waals surface area contributed by atoms with Crippen LogP contribution in [-0.2, 0) is 19.7 Å². The van der Waals surface area contributed by atoms with Crippen molar-refractivity contribution in [2.75, 3.05) is 18.6 Å². The van der Waals surface area contributed by atoms with Crippen molar-refractivity contribution in [3.8, 4) is 5.75 Å². The van der Waals surface area contributed by atoms with E-state index in [2.05, 4.69) is 0 Å². The second-order valence-corrected chi connectivity index (χ2v) is 11.8. The third-order valence-corrected chi connectivity index (χ3v) is 9.30. The zero-order valence-corrected chi connectivity index (χ0v) is 20.6. The fraction of sp³-hybridized carbons (Fsp3) is 0.304. The molecule has 1 N–H and O–H groups in total. The minimum Gasteiger partial charge on any atom is -0.497 e. The molecule has 0 radical (unpaired) electrons. The van der Waals surface area contributed by atoms with Crippen molar-refractivity contribution in [3.63, 3.8) is 0 Å². The molecule has 9 nitrogen and oxygen atoms in total. The van der Waals surface area contributed by atoms with Crippen molar-refractivity contribution in [2.24, 2.45) is 0 Å². The Morgan fingerprint density at radius 3 is 1.88 bits per heavy atom. The van der Waals surface area contributed by atoms with Gasteiger partial charge in [0.1, 0.15) is 21.2 Å². The van der Waals surface area contributed by atoms with Crippen LogP contribution in [-0.4, -0.2) is 56.7 Å². The van der Waals surface area contributed by atoms with Gasteiger partial charge in [-0.2, -0.15) is 0 Å². The van der Waals surface area contributed by atoms with Gasteiger partial charge < -0.3 is 14.2 Å². The lowest BCUT2D eigenvalue weighted by Gasteiger charge is -2.09. The number of hydrogen-bond donors (Lipinski definition) is 1. The maximum Gasteiger partial charge on any atom is 0.337 e. The predicted octanol–water partition coefficient (Wildman–Crippen LogP) is 3.24. The number of fused-ring (bicyclic) bond motifs is 1. The summed E-state index contributed by atoms with van der Waals surface area (Å²) < 4.78 is 59.5. The number of ether oxygens (including phenoxy) is 1. The summed E-state index contributed by atoms with van der Waals surface area (Å²) in [7, 11) is -6.90. The van der Waals surface area contributed by atoms with Gasteiger partial charge in [0.25, 0.3) is 0 Å².